The van der Waals surface area contributed by atoms with Gasteiger partial charge in [0, 0.05) is 0 Å². The number of nitrogen functional groups attached to an aromatic ring is 1. The van der Waals surface area contributed by atoms with Gasteiger partial charge >= 0.3 is 0 Å². The van der Waals surface area contributed by atoms with Crippen molar-refractivity contribution in [1.82, 2.24) is 0 Å². The third kappa shape index (κ3) is 1.18. The van der Waals surface area contributed by atoms with Crippen molar-refractivity contribution >= 4 is 28.9 Å². The summed E-state index contributed by atoms with van der Waals surface area (Å²) in [5, 5.41) is -0.133. The molecule has 0 aliphatic carbocycles. The van der Waals surface area contributed by atoms with Crippen molar-refractivity contribution in [1.29, 1.82) is 0 Å². The summed E-state index contributed by atoms with van der Waals surface area (Å²) in [4.78, 5) is 0. The van der Waals surface area contributed by atoms with Gasteiger partial charge in [-0.2, -0.15) is 0 Å². The molecule has 0 fully saturated rings. The quantitative estimate of drug-likeness (QED) is 0.482. The molecule has 0 saturated heterocycles. The normalized spacial score (nSPS) is 9.90. The highest BCUT2D eigenvalue weighted by Crippen LogP contribution is 2.27. The number of anilines is 1. The Labute approximate surface area is 67.5 Å². The minimum absolute atomic E-state index is 0.0146. The lowest BCUT2D eigenvalue weighted by Crippen LogP contribution is -1.88. The van der Waals surface area contributed by atoms with Crippen LogP contribution >= 0.6 is 23.2 Å². The molecule has 0 radical (unpaired) electrons. The summed E-state index contributed by atoms with van der Waals surface area (Å²) in [7, 11) is 0. The Kier molecular flexibility index (Phi) is 2.02. The zero-order valence-corrected chi connectivity index (χ0v) is 6.38. The van der Waals surface area contributed by atoms with Crippen LogP contribution in [0.2, 0.25) is 10.0 Å². The summed E-state index contributed by atoms with van der Waals surface area (Å²) >= 11 is 10.8. The molecule has 0 spiro atoms. The van der Waals surface area contributed by atoms with Crippen molar-refractivity contribution in [3.63, 3.8) is 0 Å². The van der Waals surface area contributed by atoms with E-state index in [2.05, 4.69) is 0 Å². The molecule has 0 amide bonds. The number of hydrogen-bond donors (Lipinski definition) is 1. The van der Waals surface area contributed by atoms with Gasteiger partial charge in [0.2, 0.25) is 0 Å². The fourth-order valence-electron chi connectivity index (χ4n) is 0.541. The molecule has 4 heteroatoms. The van der Waals surface area contributed by atoms with E-state index in [1.165, 1.54) is 12.1 Å². The summed E-state index contributed by atoms with van der Waals surface area (Å²) in [5.41, 5.74) is 5.46. The molecule has 54 valence electrons. The van der Waals surface area contributed by atoms with Crippen LogP contribution < -0.4 is 5.73 Å². The summed E-state index contributed by atoms with van der Waals surface area (Å²) < 4.78 is 12.6. The Morgan fingerprint density at radius 3 is 2.40 bits per heavy atom. The van der Waals surface area contributed by atoms with Crippen LogP contribution in [0.4, 0.5) is 10.1 Å². The number of rotatable bonds is 0. The third-order valence-corrected chi connectivity index (χ3v) is 1.74. The molecular formula is C6H4Cl2FN. The van der Waals surface area contributed by atoms with Crippen molar-refractivity contribution in [2.75, 3.05) is 5.73 Å². The van der Waals surface area contributed by atoms with E-state index in [1.807, 2.05) is 0 Å². The first-order valence-corrected chi connectivity index (χ1v) is 3.27. The standard InChI is InChI=1S/C6H4Cl2FN/c7-3-1-2-4(10)5(8)6(3)9/h1-2H,10H2. The second-order valence-electron chi connectivity index (χ2n) is 1.76. The molecule has 0 atom stereocenters. The van der Waals surface area contributed by atoms with Crippen LogP contribution in [-0.2, 0) is 0 Å². The van der Waals surface area contributed by atoms with Crippen LogP contribution in [0.3, 0.4) is 0 Å². The number of benzene rings is 1. The van der Waals surface area contributed by atoms with Crippen LogP contribution in [0.15, 0.2) is 12.1 Å². The van der Waals surface area contributed by atoms with E-state index < -0.39 is 5.82 Å². The molecule has 0 aliphatic heterocycles. The average Bonchev–Trinajstić information content (AvgIpc) is 1.93. The predicted molar refractivity (Wildman–Crippen MR) is 40.8 cm³/mol. The van der Waals surface area contributed by atoms with E-state index in [4.69, 9.17) is 28.9 Å². The van der Waals surface area contributed by atoms with Gasteiger partial charge in [-0.3, -0.25) is 0 Å². The Morgan fingerprint density at radius 1 is 1.30 bits per heavy atom. The maximum absolute atomic E-state index is 12.6. The fraction of sp³-hybridized carbons (Fsp3) is 0. The Morgan fingerprint density at radius 2 is 1.90 bits per heavy atom. The second kappa shape index (κ2) is 2.64. The molecule has 2 N–H and O–H groups in total. The fourth-order valence-corrected chi connectivity index (χ4v) is 0.911. The zero-order valence-electron chi connectivity index (χ0n) is 4.87. The lowest BCUT2D eigenvalue weighted by molar-refractivity contribution is 0.629. The summed E-state index contributed by atoms with van der Waals surface area (Å²) in [6.07, 6.45) is 0. The molecule has 1 aromatic carbocycles. The summed E-state index contributed by atoms with van der Waals surface area (Å²) in [5.74, 6) is -0.664. The van der Waals surface area contributed by atoms with E-state index in [0.29, 0.717) is 0 Å². The van der Waals surface area contributed by atoms with Crippen LogP contribution in [-0.4, -0.2) is 0 Å². The van der Waals surface area contributed by atoms with Gasteiger partial charge in [0.1, 0.15) is 5.02 Å². The average molecular weight is 180 g/mol. The van der Waals surface area contributed by atoms with Crippen molar-refractivity contribution in [2.24, 2.45) is 0 Å². The number of hydrogen-bond acceptors (Lipinski definition) is 1. The van der Waals surface area contributed by atoms with Gasteiger partial charge in [-0.05, 0) is 12.1 Å². The van der Waals surface area contributed by atoms with Gasteiger partial charge in [0.25, 0.3) is 0 Å². The van der Waals surface area contributed by atoms with Gasteiger partial charge in [0.05, 0.1) is 10.7 Å². The molecule has 1 aromatic rings. The molecule has 1 rings (SSSR count). The highest BCUT2D eigenvalue weighted by atomic mass is 35.5. The first-order chi connectivity index (χ1) is 4.63. The molecule has 1 nitrogen and oxygen atoms in total. The Bertz CT molecular complexity index is 235. The van der Waals surface area contributed by atoms with Crippen molar-refractivity contribution in [2.45, 2.75) is 0 Å². The summed E-state index contributed by atoms with van der Waals surface area (Å²) in [6.45, 7) is 0. The minimum Gasteiger partial charge on any atom is -0.397 e. The topological polar surface area (TPSA) is 26.0 Å². The van der Waals surface area contributed by atoms with E-state index in [-0.39, 0.29) is 15.7 Å². The maximum Gasteiger partial charge on any atom is 0.162 e. The van der Waals surface area contributed by atoms with Crippen molar-refractivity contribution in [3.8, 4) is 0 Å². The smallest absolute Gasteiger partial charge is 0.162 e. The number of nitrogens with two attached hydrogens (primary N) is 1. The van der Waals surface area contributed by atoms with Crippen LogP contribution in [0.1, 0.15) is 0 Å². The monoisotopic (exact) mass is 179 g/mol. The molecular weight excluding hydrogens is 176 g/mol. The largest absolute Gasteiger partial charge is 0.397 e. The Balaban J connectivity index is 3.34. The van der Waals surface area contributed by atoms with Gasteiger partial charge in [0.15, 0.2) is 5.82 Å². The highest BCUT2D eigenvalue weighted by Gasteiger charge is 2.06. The molecule has 0 heterocycles. The first-order valence-electron chi connectivity index (χ1n) is 2.52. The van der Waals surface area contributed by atoms with Crippen molar-refractivity contribution < 1.29 is 4.39 Å². The molecule has 0 saturated carbocycles. The van der Waals surface area contributed by atoms with E-state index in [9.17, 15) is 4.39 Å². The van der Waals surface area contributed by atoms with E-state index in [0.717, 1.165) is 0 Å². The molecule has 10 heavy (non-hydrogen) atoms. The van der Waals surface area contributed by atoms with Gasteiger partial charge < -0.3 is 5.73 Å². The van der Waals surface area contributed by atoms with Crippen molar-refractivity contribution in [3.05, 3.63) is 28.0 Å². The lowest BCUT2D eigenvalue weighted by atomic mass is 10.3. The number of halogens is 3. The van der Waals surface area contributed by atoms with Gasteiger partial charge in [-0.25, -0.2) is 4.39 Å². The van der Waals surface area contributed by atoms with E-state index >= 15 is 0 Å². The van der Waals surface area contributed by atoms with Crippen LogP contribution in [0.25, 0.3) is 0 Å². The highest BCUT2D eigenvalue weighted by molar-refractivity contribution is 6.36. The molecule has 0 aliphatic rings. The van der Waals surface area contributed by atoms with Gasteiger partial charge in [-0.15, -0.1) is 0 Å². The Hall–Kier alpha value is -0.470. The first kappa shape index (κ1) is 7.63. The van der Waals surface area contributed by atoms with Crippen LogP contribution in [0.5, 0.6) is 0 Å². The molecule has 0 unspecified atom stereocenters. The predicted octanol–water partition coefficient (Wildman–Crippen LogP) is 2.71. The van der Waals surface area contributed by atoms with Crippen LogP contribution in [0, 0.1) is 5.82 Å². The molecule has 0 bridgehead atoms. The second-order valence-corrected chi connectivity index (χ2v) is 2.55. The van der Waals surface area contributed by atoms with E-state index in [1.54, 1.807) is 0 Å². The maximum atomic E-state index is 12.6. The minimum atomic E-state index is -0.664. The van der Waals surface area contributed by atoms with Gasteiger partial charge in [-0.1, -0.05) is 23.2 Å². The zero-order chi connectivity index (χ0) is 7.72. The third-order valence-electron chi connectivity index (χ3n) is 1.07. The summed E-state index contributed by atoms with van der Waals surface area (Å²) in [6, 6.07) is 2.81. The SMILES string of the molecule is Nc1ccc(Cl)c(F)c1Cl. The lowest BCUT2D eigenvalue weighted by Gasteiger charge is -1.98. The molecule has 0 aromatic heterocycles.